The highest BCUT2D eigenvalue weighted by Crippen LogP contribution is 2.22. The molecule has 0 aliphatic carbocycles. The van der Waals surface area contributed by atoms with Gasteiger partial charge >= 0.3 is 0 Å². The fourth-order valence-electron chi connectivity index (χ4n) is 2.88. The van der Waals surface area contributed by atoms with Crippen LogP contribution in [0.4, 0.5) is 11.4 Å². The molecule has 5 nitrogen and oxygen atoms in total. The summed E-state index contributed by atoms with van der Waals surface area (Å²) in [6, 6.07) is 19.4. The Kier molecular flexibility index (Phi) is 6.37. The van der Waals surface area contributed by atoms with Gasteiger partial charge in [0.1, 0.15) is 0 Å². The third kappa shape index (κ3) is 5.58. The Hall–Kier alpha value is -3.38. The van der Waals surface area contributed by atoms with Crippen molar-refractivity contribution in [3.05, 3.63) is 95.1 Å². The SMILES string of the molecule is Cc1ccc(/C=C/C(=O)Nc2ccc(S(=O)(=O)Nc3ccc(C)cc3C)cc2)cc1. The average Bonchev–Trinajstić information content (AvgIpc) is 2.70. The molecular formula is C24H24N2O3S. The first-order chi connectivity index (χ1) is 14.2. The molecule has 0 aliphatic rings. The van der Waals surface area contributed by atoms with Gasteiger partial charge in [-0.3, -0.25) is 9.52 Å². The average molecular weight is 421 g/mol. The van der Waals surface area contributed by atoms with Gasteiger partial charge in [-0.1, -0.05) is 47.5 Å². The number of hydrogen-bond acceptors (Lipinski definition) is 3. The van der Waals surface area contributed by atoms with Gasteiger partial charge in [0.05, 0.1) is 10.6 Å². The van der Waals surface area contributed by atoms with E-state index in [0.717, 1.165) is 22.3 Å². The van der Waals surface area contributed by atoms with Crippen molar-refractivity contribution in [2.75, 3.05) is 10.0 Å². The van der Waals surface area contributed by atoms with E-state index >= 15 is 0 Å². The van der Waals surface area contributed by atoms with Crippen molar-refractivity contribution in [3.63, 3.8) is 0 Å². The molecule has 3 aromatic carbocycles. The number of hydrogen-bond donors (Lipinski definition) is 2. The number of nitrogens with one attached hydrogen (secondary N) is 2. The Bertz CT molecular complexity index is 1180. The van der Waals surface area contributed by atoms with Crippen molar-refractivity contribution in [2.24, 2.45) is 0 Å². The lowest BCUT2D eigenvalue weighted by Crippen LogP contribution is -2.14. The Morgan fingerprint density at radius 3 is 2.10 bits per heavy atom. The molecule has 0 fully saturated rings. The molecule has 0 radical (unpaired) electrons. The van der Waals surface area contributed by atoms with Gasteiger partial charge in [-0.2, -0.15) is 0 Å². The van der Waals surface area contributed by atoms with Crippen molar-refractivity contribution >= 4 is 33.4 Å². The maximum absolute atomic E-state index is 12.6. The summed E-state index contributed by atoms with van der Waals surface area (Å²) in [4.78, 5) is 12.2. The molecule has 6 heteroatoms. The molecule has 1 amide bonds. The second-order valence-electron chi connectivity index (χ2n) is 7.18. The van der Waals surface area contributed by atoms with Crippen LogP contribution in [0.25, 0.3) is 6.08 Å². The molecule has 0 bridgehead atoms. The summed E-state index contributed by atoms with van der Waals surface area (Å²) < 4.78 is 27.9. The number of anilines is 2. The van der Waals surface area contributed by atoms with Crippen LogP contribution in [-0.2, 0) is 14.8 Å². The Labute approximate surface area is 177 Å². The highest BCUT2D eigenvalue weighted by molar-refractivity contribution is 7.92. The maximum Gasteiger partial charge on any atom is 0.261 e. The number of sulfonamides is 1. The molecule has 0 atom stereocenters. The highest BCUT2D eigenvalue weighted by Gasteiger charge is 2.15. The third-order valence-electron chi connectivity index (χ3n) is 4.56. The normalized spacial score (nSPS) is 11.4. The molecule has 30 heavy (non-hydrogen) atoms. The van der Waals surface area contributed by atoms with E-state index in [-0.39, 0.29) is 10.8 Å². The van der Waals surface area contributed by atoms with E-state index in [4.69, 9.17) is 0 Å². The van der Waals surface area contributed by atoms with E-state index in [9.17, 15) is 13.2 Å². The zero-order valence-electron chi connectivity index (χ0n) is 17.1. The van der Waals surface area contributed by atoms with Crippen LogP contribution in [0.1, 0.15) is 22.3 Å². The minimum atomic E-state index is -3.72. The quantitative estimate of drug-likeness (QED) is 0.547. The number of amides is 1. The van der Waals surface area contributed by atoms with Crippen molar-refractivity contribution in [1.82, 2.24) is 0 Å². The number of carbonyl (C=O) groups is 1. The Morgan fingerprint density at radius 2 is 1.47 bits per heavy atom. The predicted molar refractivity (Wildman–Crippen MR) is 122 cm³/mol. The molecule has 2 N–H and O–H groups in total. The van der Waals surface area contributed by atoms with Gasteiger partial charge in [-0.15, -0.1) is 0 Å². The molecule has 0 saturated carbocycles. The lowest BCUT2D eigenvalue weighted by Gasteiger charge is -2.11. The minimum Gasteiger partial charge on any atom is -0.323 e. The van der Waals surface area contributed by atoms with Crippen LogP contribution < -0.4 is 10.0 Å². The van der Waals surface area contributed by atoms with Gasteiger partial charge in [-0.25, -0.2) is 8.42 Å². The van der Waals surface area contributed by atoms with Crippen LogP contribution in [0.5, 0.6) is 0 Å². The molecule has 0 spiro atoms. The van der Waals surface area contributed by atoms with Crippen LogP contribution in [0.2, 0.25) is 0 Å². The van der Waals surface area contributed by atoms with Gasteiger partial charge in [0.25, 0.3) is 10.0 Å². The van der Waals surface area contributed by atoms with Crippen LogP contribution in [0, 0.1) is 20.8 Å². The minimum absolute atomic E-state index is 0.121. The second-order valence-corrected chi connectivity index (χ2v) is 8.86. The van der Waals surface area contributed by atoms with E-state index in [0.29, 0.717) is 11.4 Å². The summed E-state index contributed by atoms with van der Waals surface area (Å²) in [7, 11) is -3.72. The number of benzene rings is 3. The number of rotatable bonds is 6. The van der Waals surface area contributed by atoms with E-state index in [1.165, 1.54) is 18.2 Å². The van der Waals surface area contributed by atoms with E-state index in [2.05, 4.69) is 10.0 Å². The van der Waals surface area contributed by atoms with Gasteiger partial charge in [0.15, 0.2) is 0 Å². The molecule has 0 unspecified atom stereocenters. The van der Waals surface area contributed by atoms with Crippen molar-refractivity contribution < 1.29 is 13.2 Å². The molecule has 0 aromatic heterocycles. The van der Waals surface area contributed by atoms with Crippen LogP contribution in [0.3, 0.4) is 0 Å². The fraction of sp³-hybridized carbons (Fsp3) is 0.125. The zero-order valence-corrected chi connectivity index (χ0v) is 18.0. The largest absolute Gasteiger partial charge is 0.323 e. The fourth-order valence-corrected chi connectivity index (χ4v) is 4.01. The van der Waals surface area contributed by atoms with E-state index < -0.39 is 10.0 Å². The topological polar surface area (TPSA) is 75.3 Å². The van der Waals surface area contributed by atoms with E-state index in [1.807, 2.05) is 57.2 Å². The maximum atomic E-state index is 12.6. The van der Waals surface area contributed by atoms with Gasteiger partial charge in [0.2, 0.25) is 5.91 Å². The molecule has 0 aliphatic heterocycles. The molecule has 154 valence electrons. The predicted octanol–water partition coefficient (Wildman–Crippen LogP) is 5.06. The second kappa shape index (κ2) is 8.97. The summed E-state index contributed by atoms with van der Waals surface area (Å²) in [5.74, 6) is -0.292. The standard InChI is InChI=1S/C24H24N2O3S/c1-17-4-7-20(8-5-17)9-15-24(27)25-21-10-12-22(13-11-21)30(28,29)26-23-14-6-18(2)16-19(23)3/h4-16,26H,1-3H3,(H,25,27)/b15-9+. The summed E-state index contributed by atoms with van der Waals surface area (Å²) in [5.41, 5.74) is 5.04. The monoisotopic (exact) mass is 420 g/mol. The number of carbonyl (C=O) groups excluding carboxylic acids is 1. The number of aryl methyl sites for hydroxylation is 3. The lowest BCUT2D eigenvalue weighted by atomic mass is 10.1. The zero-order chi connectivity index (χ0) is 21.7. The van der Waals surface area contributed by atoms with E-state index in [1.54, 1.807) is 24.3 Å². The summed E-state index contributed by atoms with van der Waals surface area (Å²) in [6.07, 6.45) is 3.17. The molecule has 0 heterocycles. The lowest BCUT2D eigenvalue weighted by molar-refractivity contribution is -0.111. The Morgan fingerprint density at radius 1 is 0.833 bits per heavy atom. The first-order valence-electron chi connectivity index (χ1n) is 9.49. The first kappa shape index (κ1) is 21.3. The Balaban J connectivity index is 1.66. The van der Waals surface area contributed by atoms with Gasteiger partial charge < -0.3 is 5.32 Å². The molecule has 0 saturated heterocycles. The molecule has 3 aromatic rings. The first-order valence-corrected chi connectivity index (χ1v) is 11.0. The van der Waals surface area contributed by atoms with Gasteiger partial charge in [-0.05, 0) is 68.3 Å². The highest BCUT2D eigenvalue weighted by atomic mass is 32.2. The van der Waals surface area contributed by atoms with Crippen molar-refractivity contribution in [3.8, 4) is 0 Å². The third-order valence-corrected chi connectivity index (χ3v) is 5.94. The molecule has 3 rings (SSSR count). The smallest absolute Gasteiger partial charge is 0.261 e. The van der Waals surface area contributed by atoms with Gasteiger partial charge in [0, 0.05) is 11.8 Å². The van der Waals surface area contributed by atoms with Crippen LogP contribution in [0.15, 0.2) is 77.7 Å². The summed E-state index contributed by atoms with van der Waals surface area (Å²) >= 11 is 0. The van der Waals surface area contributed by atoms with Crippen molar-refractivity contribution in [1.29, 1.82) is 0 Å². The van der Waals surface area contributed by atoms with Crippen molar-refractivity contribution in [2.45, 2.75) is 25.7 Å². The molecular weight excluding hydrogens is 396 g/mol. The summed E-state index contributed by atoms with van der Waals surface area (Å²) in [5, 5.41) is 2.73. The van der Waals surface area contributed by atoms with Crippen LogP contribution in [-0.4, -0.2) is 14.3 Å². The van der Waals surface area contributed by atoms with Crippen LogP contribution >= 0.6 is 0 Å². The summed E-state index contributed by atoms with van der Waals surface area (Å²) in [6.45, 7) is 5.81.